The van der Waals surface area contributed by atoms with Crippen molar-refractivity contribution in [2.75, 3.05) is 18.9 Å². The van der Waals surface area contributed by atoms with Crippen LogP contribution in [0.5, 0.6) is 0 Å². The van der Waals surface area contributed by atoms with Crippen LogP contribution in [0.15, 0.2) is 48.8 Å². The smallest absolute Gasteiger partial charge is 0.243 e. The van der Waals surface area contributed by atoms with Gasteiger partial charge in [-0.3, -0.25) is 19.4 Å². The molecule has 1 aliphatic rings. The fourth-order valence-corrected chi connectivity index (χ4v) is 3.39. The first-order valence-electron chi connectivity index (χ1n) is 8.44. The van der Waals surface area contributed by atoms with Gasteiger partial charge in [0.25, 0.3) is 0 Å². The van der Waals surface area contributed by atoms with E-state index in [-0.39, 0.29) is 30.7 Å². The van der Waals surface area contributed by atoms with Gasteiger partial charge in [-0.1, -0.05) is 23.7 Å². The van der Waals surface area contributed by atoms with Gasteiger partial charge >= 0.3 is 0 Å². The number of halogens is 1. The summed E-state index contributed by atoms with van der Waals surface area (Å²) in [5.41, 5.74) is 1.33. The average molecular weight is 387 g/mol. The molecule has 0 radical (unpaired) electrons. The number of carbonyl (C=O) groups excluding carboxylic acids is 3. The lowest BCUT2D eigenvalue weighted by Crippen LogP contribution is -2.38. The molecule has 140 valence electrons. The maximum atomic E-state index is 12.6. The summed E-state index contributed by atoms with van der Waals surface area (Å²) in [6.45, 7) is -0.190. The van der Waals surface area contributed by atoms with Crippen molar-refractivity contribution in [2.24, 2.45) is 5.92 Å². The third-order valence-corrected chi connectivity index (χ3v) is 4.72. The van der Waals surface area contributed by atoms with Crippen molar-refractivity contribution in [3.63, 3.8) is 0 Å². The van der Waals surface area contributed by atoms with E-state index in [0.29, 0.717) is 10.7 Å². The van der Waals surface area contributed by atoms with Crippen LogP contribution in [-0.4, -0.2) is 41.2 Å². The molecule has 2 heterocycles. The second kappa shape index (κ2) is 8.18. The molecule has 1 aromatic carbocycles. The lowest BCUT2D eigenvalue weighted by molar-refractivity contribution is -0.128. The quantitative estimate of drug-likeness (QED) is 0.822. The van der Waals surface area contributed by atoms with Crippen LogP contribution in [0.4, 0.5) is 5.69 Å². The second-order valence-corrected chi connectivity index (χ2v) is 6.76. The summed E-state index contributed by atoms with van der Waals surface area (Å²) in [7, 11) is 1.66. The highest BCUT2D eigenvalue weighted by atomic mass is 35.5. The molecule has 1 aromatic heterocycles. The number of benzene rings is 1. The minimum absolute atomic E-state index is 0.0870. The number of rotatable bonds is 5. The van der Waals surface area contributed by atoms with Gasteiger partial charge < -0.3 is 15.5 Å². The highest BCUT2D eigenvalue weighted by Gasteiger charge is 2.42. The molecule has 1 aliphatic heterocycles. The number of hydrogen-bond acceptors (Lipinski definition) is 4. The third-order valence-electron chi connectivity index (χ3n) is 4.48. The second-order valence-electron chi connectivity index (χ2n) is 6.32. The van der Waals surface area contributed by atoms with Crippen molar-refractivity contribution >= 4 is 35.0 Å². The first-order valence-corrected chi connectivity index (χ1v) is 8.82. The first-order chi connectivity index (χ1) is 13.0. The van der Waals surface area contributed by atoms with Gasteiger partial charge in [-0.15, -0.1) is 0 Å². The Bertz CT molecular complexity index is 859. The maximum Gasteiger partial charge on any atom is 0.243 e. The molecule has 0 spiro atoms. The van der Waals surface area contributed by atoms with E-state index in [1.807, 2.05) is 6.07 Å². The molecular formula is C19H19ClN4O3. The van der Waals surface area contributed by atoms with Crippen LogP contribution in [0.3, 0.4) is 0 Å². The molecule has 7 nitrogen and oxygen atoms in total. The van der Waals surface area contributed by atoms with E-state index in [0.717, 1.165) is 5.56 Å². The number of anilines is 1. The van der Waals surface area contributed by atoms with Crippen LogP contribution in [0.1, 0.15) is 18.0 Å². The number of likely N-dealkylation sites (tertiary alicyclic amines) is 1. The fraction of sp³-hybridized carbons (Fsp3) is 0.263. The minimum Gasteiger partial charge on any atom is -0.347 e. The Morgan fingerprint density at radius 1 is 1.30 bits per heavy atom. The van der Waals surface area contributed by atoms with E-state index >= 15 is 0 Å². The van der Waals surface area contributed by atoms with Crippen molar-refractivity contribution in [3.05, 3.63) is 59.4 Å². The zero-order chi connectivity index (χ0) is 19.4. The number of pyridine rings is 1. The molecule has 2 aromatic rings. The third kappa shape index (κ3) is 4.43. The van der Waals surface area contributed by atoms with Crippen LogP contribution < -0.4 is 10.6 Å². The summed E-state index contributed by atoms with van der Waals surface area (Å²) < 4.78 is 0. The summed E-state index contributed by atoms with van der Waals surface area (Å²) in [4.78, 5) is 42.3. The van der Waals surface area contributed by atoms with Gasteiger partial charge in [0.1, 0.15) is 0 Å². The molecule has 1 fully saturated rings. The molecule has 2 atom stereocenters. The molecular weight excluding hydrogens is 368 g/mol. The highest BCUT2D eigenvalue weighted by molar-refractivity contribution is 6.30. The molecule has 27 heavy (non-hydrogen) atoms. The topological polar surface area (TPSA) is 91.4 Å². The summed E-state index contributed by atoms with van der Waals surface area (Å²) >= 11 is 6.05. The van der Waals surface area contributed by atoms with Crippen LogP contribution in [-0.2, 0) is 14.4 Å². The Morgan fingerprint density at radius 3 is 2.81 bits per heavy atom. The monoisotopic (exact) mass is 386 g/mol. The van der Waals surface area contributed by atoms with E-state index in [9.17, 15) is 14.4 Å². The summed E-state index contributed by atoms with van der Waals surface area (Å²) in [5.74, 6) is -1.43. The zero-order valence-corrected chi connectivity index (χ0v) is 15.4. The zero-order valence-electron chi connectivity index (χ0n) is 14.7. The van der Waals surface area contributed by atoms with E-state index in [2.05, 4.69) is 15.6 Å². The van der Waals surface area contributed by atoms with Gasteiger partial charge in [-0.25, -0.2) is 0 Å². The average Bonchev–Trinajstić information content (AvgIpc) is 2.95. The molecule has 8 heteroatoms. The highest BCUT2D eigenvalue weighted by Crippen LogP contribution is 2.37. The summed E-state index contributed by atoms with van der Waals surface area (Å²) in [6, 6.07) is 10.1. The molecule has 0 aliphatic carbocycles. The number of carbonyl (C=O) groups is 3. The van der Waals surface area contributed by atoms with Gasteiger partial charge in [-0.05, 0) is 29.8 Å². The van der Waals surface area contributed by atoms with Gasteiger partial charge in [0.15, 0.2) is 0 Å². The van der Waals surface area contributed by atoms with Crippen LogP contribution in [0.25, 0.3) is 0 Å². The van der Waals surface area contributed by atoms with Gasteiger partial charge in [-0.2, -0.15) is 0 Å². The molecule has 3 amide bonds. The van der Waals surface area contributed by atoms with E-state index in [1.54, 1.807) is 48.5 Å². The molecule has 3 rings (SSSR count). The maximum absolute atomic E-state index is 12.6. The van der Waals surface area contributed by atoms with Crippen molar-refractivity contribution in [2.45, 2.75) is 12.5 Å². The molecule has 0 saturated carbocycles. The normalized spacial score (nSPS) is 19.0. The lowest BCUT2D eigenvalue weighted by Gasteiger charge is -2.25. The number of hydrogen-bond donors (Lipinski definition) is 2. The molecule has 1 saturated heterocycles. The summed E-state index contributed by atoms with van der Waals surface area (Å²) in [5, 5.41) is 5.80. The largest absolute Gasteiger partial charge is 0.347 e. The predicted octanol–water partition coefficient (Wildman–Crippen LogP) is 2.01. The van der Waals surface area contributed by atoms with Crippen LogP contribution >= 0.6 is 11.6 Å². The Labute approximate surface area is 161 Å². The van der Waals surface area contributed by atoms with E-state index in [1.165, 1.54) is 6.20 Å². The van der Waals surface area contributed by atoms with Crippen molar-refractivity contribution in [1.82, 2.24) is 15.2 Å². The number of nitrogens with zero attached hydrogens (tertiary/aromatic N) is 2. The number of nitrogens with one attached hydrogen (secondary N) is 2. The Morgan fingerprint density at radius 2 is 2.11 bits per heavy atom. The lowest BCUT2D eigenvalue weighted by atomic mass is 9.93. The SMILES string of the molecule is CN1C(=O)CC(C(=O)NCC(=O)Nc2cccnc2)C1c1cccc(Cl)c1. The first kappa shape index (κ1) is 18.8. The summed E-state index contributed by atoms with van der Waals surface area (Å²) in [6.07, 6.45) is 3.20. The number of aromatic nitrogens is 1. The van der Waals surface area contributed by atoms with Gasteiger partial charge in [0, 0.05) is 24.7 Å². The molecule has 2 unspecified atom stereocenters. The van der Waals surface area contributed by atoms with Gasteiger partial charge in [0.05, 0.1) is 30.4 Å². The number of amides is 3. The van der Waals surface area contributed by atoms with Gasteiger partial charge in [0.2, 0.25) is 17.7 Å². The molecule has 0 bridgehead atoms. The Balaban J connectivity index is 1.65. The van der Waals surface area contributed by atoms with Crippen LogP contribution in [0, 0.1) is 5.92 Å². The van der Waals surface area contributed by atoms with Crippen molar-refractivity contribution in [3.8, 4) is 0 Å². The van der Waals surface area contributed by atoms with E-state index in [4.69, 9.17) is 11.6 Å². The standard InChI is InChI=1S/C19H19ClN4O3/c1-24-17(26)9-15(18(24)12-4-2-5-13(20)8-12)19(27)22-11-16(25)23-14-6-3-7-21-10-14/h2-8,10,15,18H,9,11H2,1H3,(H,22,27)(H,23,25). The van der Waals surface area contributed by atoms with E-state index < -0.39 is 12.0 Å². The van der Waals surface area contributed by atoms with Crippen LogP contribution in [0.2, 0.25) is 5.02 Å². The fourth-order valence-electron chi connectivity index (χ4n) is 3.19. The molecule has 2 N–H and O–H groups in total. The Hall–Kier alpha value is -2.93. The Kier molecular flexibility index (Phi) is 5.71. The van der Waals surface area contributed by atoms with Crippen molar-refractivity contribution in [1.29, 1.82) is 0 Å². The van der Waals surface area contributed by atoms with Crippen molar-refractivity contribution < 1.29 is 14.4 Å². The minimum atomic E-state index is -0.591. The predicted molar refractivity (Wildman–Crippen MR) is 101 cm³/mol.